The number of carbonyl (C=O) groups excluding carboxylic acids is 3. The fourth-order valence-electron chi connectivity index (χ4n) is 5.93. The maximum absolute atomic E-state index is 13.7. The number of phenolic OH excluding ortho intramolecular Hbond substituents is 2. The Morgan fingerprint density at radius 2 is 1.83 bits per heavy atom. The van der Waals surface area contributed by atoms with Crippen molar-refractivity contribution in [1.29, 1.82) is 0 Å². The molecule has 1 fully saturated rings. The van der Waals surface area contributed by atoms with E-state index in [-0.39, 0.29) is 59.9 Å². The van der Waals surface area contributed by atoms with Gasteiger partial charge in [0.05, 0.1) is 42.1 Å². The van der Waals surface area contributed by atoms with Gasteiger partial charge in [-0.1, -0.05) is 12.1 Å². The van der Waals surface area contributed by atoms with Gasteiger partial charge in [0.25, 0.3) is 0 Å². The van der Waals surface area contributed by atoms with Crippen molar-refractivity contribution in [2.24, 2.45) is 5.73 Å². The molecule has 0 amide bonds. The molecular formula is C29H34ClNO11. The van der Waals surface area contributed by atoms with Crippen molar-refractivity contribution in [3.63, 3.8) is 0 Å². The highest BCUT2D eigenvalue weighted by molar-refractivity contribution is 6.31. The summed E-state index contributed by atoms with van der Waals surface area (Å²) in [6.07, 6.45) is -4.80. The molecule has 1 heterocycles. The number of aliphatic hydroxyl groups is 2. The average Bonchev–Trinajstić information content (AvgIpc) is 2.94. The van der Waals surface area contributed by atoms with Gasteiger partial charge in [-0.3, -0.25) is 14.4 Å². The molecule has 42 heavy (non-hydrogen) atoms. The summed E-state index contributed by atoms with van der Waals surface area (Å²) in [6.45, 7) is 3.08. The quantitative estimate of drug-likeness (QED) is 0.243. The van der Waals surface area contributed by atoms with E-state index in [9.17, 15) is 34.8 Å². The maximum Gasteiger partial charge on any atom is 0.202 e. The zero-order valence-corrected chi connectivity index (χ0v) is 24.1. The van der Waals surface area contributed by atoms with Crippen LogP contribution in [0.2, 0.25) is 0 Å². The van der Waals surface area contributed by atoms with Crippen LogP contribution in [0.4, 0.5) is 0 Å². The Labute approximate surface area is 247 Å². The zero-order valence-electron chi connectivity index (χ0n) is 23.3. The topological polar surface area (TPSA) is 195 Å². The number of methoxy groups -OCH3 is 1. The van der Waals surface area contributed by atoms with Crippen LogP contribution in [0.25, 0.3) is 0 Å². The molecule has 2 aliphatic carbocycles. The van der Waals surface area contributed by atoms with Gasteiger partial charge in [0.1, 0.15) is 29.5 Å². The van der Waals surface area contributed by atoms with Crippen molar-refractivity contribution in [3.8, 4) is 17.2 Å². The lowest BCUT2D eigenvalue weighted by Gasteiger charge is -2.42. The van der Waals surface area contributed by atoms with Crippen LogP contribution < -0.4 is 10.5 Å². The molecule has 4 unspecified atom stereocenters. The molecule has 2 aromatic rings. The van der Waals surface area contributed by atoms with Crippen LogP contribution in [0.5, 0.6) is 17.2 Å². The number of rotatable bonds is 7. The maximum atomic E-state index is 13.7. The first kappa shape index (κ1) is 31.8. The van der Waals surface area contributed by atoms with Crippen LogP contribution in [0.15, 0.2) is 18.2 Å². The Kier molecular flexibility index (Phi) is 9.00. The third-order valence-electron chi connectivity index (χ3n) is 8.10. The minimum atomic E-state index is -2.12. The fraction of sp³-hybridized carbons (Fsp3) is 0.483. The number of ketones is 3. The molecule has 1 saturated heterocycles. The van der Waals surface area contributed by atoms with Crippen molar-refractivity contribution in [2.75, 3.05) is 20.3 Å². The fourth-order valence-corrected chi connectivity index (χ4v) is 5.93. The van der Waals surface area contributed by atoms with E-state index in [0.29, 0.717) is 0 Å². The SMILES string of the molecule is CCOCC(=O)[C@]1(O)Cc2c(O)c3c(c(O)c2[C@@H](OC2CC(N)C(O)C(C)O2)C1)C(=O)c1c(OC)cccc1C3=O.Cl. The van der Waals surface area contributed by atoms with Crippen LogP contribution in [0.1, 0.15) is 75.8 Å². The van der Waals surface area contributed by atoms with Gasteiger partial charge in [0.2, 0.25) is 5.78 Å². The van der Waals surface area contributed by atoms with Gasteiger partial charge in [0.15, 0.2) is 17.9 Å². The molecule has 1 aliphatic heterocycles. The van der Waals surface area contributed by atoms with Crippen molar-refractivity contribution in [2.45, 2.75) is 69.4 Å². The summed E-state index contributed by atoms with van der Waals surface area (Å²) in [5.41, 5.74) is 2.78. The molecule has 6 N–H and O–H groups in total. The van der Waals surface area contributed by atoms with E-state index >= 15 is 0 Å². The van der Waals surface area contributed by atoms with E-state index in [1.165, 1.54) is 25.3 Å². The Morgan fingerprint density at radius 1 is 1.14 bits per heavy atom. The van der Waals surface area contributed by atoms with Gasteiger partial charge < -0.3 is 45.1 Å². The molecule has 228 valence electrons. The number of ether oxygens (including phenoxy) is 4. The van der Waals surface area contributed by atoms with Crippen molar-refractivity contribution >= 4 is 29.8 Å². The van der Waals surface area contributed by atoms with Gasteiger partial charge >= 0.3 is 0 Å². The highest BCUT2D eigenvalue weighted by atomic mass is 35.5. The number of phenols is 2. The number of aliphatic hydroxyl groups excluding tert-OH is 1. The monoisotopic (exact) mass is 607 g/mol. The number of hydrogen-bond donors (Lipinski definition) is 5. The molecule has 0 bridgehead atoms. The second-order valence-corrected chi connectivity index (χ2v) is 10.6. The summed E-state index contributed by atoms with van der Waals surface area (Å²) >= 11 is 0. The highest BCUT2D eigenvalue weighted by Crippen LogP contribution is 2.52. The van der Waals surface area contributed by atoms with E-state index < -0.39 is 89.2 Å². The molecule has 0 radical (unpaired) electrons. The Hall–Kier alpha value is -3.10. The second kappa shape index (κ2) is 11.9. The first-order chi connectivity index (χ1) is 19.4. The molecule has 0 aromatic heterocycles. The molecule has 5 rings (SSSR count). The minimum Gasteiger partial charge on any atom is -0.507 e. The molecule has 12 nitrogen and oxygen atoms in total. The lowest BCUT2D eigenvalue weighted by molar-refractivity contribution is -0.247. The molecule has 6 atom stereocenters. The Bertz CT molecular complexity index is 1420. The number of nitrogens with two attached hydrogens (primary N) is 1. The molecule has 2 aromatic carbocycles. The third-order valence-corrected chi connectivity index (χ3v) is 8.10. The van der Waals surface area contributed by atoms with Crippen LogP contribution >= 0.6 is 12.4 Å². The summed E-state index contributed by atoms with van der Waals surface area (Å²) in [7, 11) is 1.34. The Balaban J connectivity index is 0.00000405. The van der Waals surface area contributed by atoms with Crippen LogP contribution in [-0.4, -0.2) is 88.2 Å². The highest BCUT2D eigenvalue weighted by Gasteiger charge is 2.50. The van der Waals surface area contributed by atoms with E-state index in [1.807, 2.05) is 0 Å². The van der Waals surface area contributed by atoms with E-state index in [0.717, 1.165) is 0 Å². The summed E-state index contributed by atoms with van der Waals surface area (Å²) in [4.78, 5) is 40.4. The standard InChI is InChI=1S/C29H33NO11.ClH/c1-4-39-11-18(31)29(37)9-14-21(17(10-29)41-19-8-15(30)24(32)12(2)40-19)28(36)23-22(26(14)34)25(33)13-6-5-7-16(38-3)20(13)27(23)35;/h5-7,12,15,17,19,24,32,34,36-37H,4,8-11,30H2,1-3H3;1H/t12?,15?,17-,19?,24?,29-;/m0./s1. The lowest BCUT2D eigenvalue weighted by Crippen LogP contribution is -2.53. The number of hydrogen-bond acceptors (Lipinski definition) is 12. The first-order valence-corrected chi connectivity index (χ1v) is 13.4. The van der Waals surface area contributed by atoms with Crippen LogP contribution in [0.3, 0.4) is 0 Å². The molecule has 13 heteroatoms. The van der Waals surface area contributed by atoms with E-state index in [1.54, 1.807) is 13.8 Å². The van der Waals surface area contributed by atoms with Crippen molar-refractivity contribution < 1.29 is 53.8 Å². The van der Waals surface area contributed by atoms with Gasteiger partial charge in [-0.15, -0.1) is 12.4 Å². The van der Waals surface area contributed by atoms with Gasteiger partial charge in [-0.25, -0.2) is 0 Å². The third kappa shape index (κ3) is 5.06. The number of carbonyl (C=O) groups is 3. The number of fused-ring (bicyclic) bond motifs is 3. The number of benzene rings is 2. The molecule has 0 saturated carbocycles. The predicted octanol–water partition coefficient (Wildman–Crippen LogP) is 1.47. The van der Waals surface area contributed by atoms with Gasteiger partial charge in [0, 0.05) is 48.6 Å². The van der Waals surface area contributed by atoms with Crippen LogP contribution in [-0.2, 0) is 25.4 Å². The molecule has 3 aliphatic rings. The number of aromatic hydroxyl groups is 2. The van der Waals surface area contributed by atoms with Gasteiger partial charge in [-0.2, -0.15) is 0 Å². The molecule has 0 spiro atoms. The number of halogens is 1. The van der Waals surface area contributed by atoms with E-state index in [2.05, 4.69) is 0 Å². The zero-order chi connectivity index (χ0) is 29.8. The first-order valence-electron chi connectivity index (χ1n) is 13.4. The largest absolute Gasteiger partial charge is 0.507 e. The summed E-state index contributed by atoms with van der Waals surface area (Å²) in [6, 6.07) is 3.72. The Morgan fingerprint density at radius 3 is 2.48 bits per heavy atom. The second-order valence-electron chi connectivity index (χ2n) is 10.6. The summed E-state index contributed by atoms with van der Waals surface area (Å²) in [5.74, 6) is -3.34. The van der Waals surface area contributed by atoms with Crippen molar-refractivity contribution in [1.82, 2.24) is 0 Å². The predicted molar refractivity (Wildman–Crippen MR) is 148 cm³/mol. The average molecular weight is 608 g/mol. The smallest absolute Gasteiger partial charge is 0.202 e. The minimum absolute atomic E-state index is 0. The van der Waals surface area contributed by atoms with Crippen molar-refractivity contribution in [3.05, 3.63) is 51.6 Å². The summed E-state index contributed by atoms with van der Waals surface area (Å²) < 4.78 is 22.4. The lowest BCUT2D eigenvalue weighted by atomic mass is 9.72. The normalized spacial score (nSPS) is 28.3. The number of Topliss-reactive ketones (excluding diaryl/α,β-unsaturated/α-hetero) is 1. The summed E-state index contributed by atoms with van der Waals surface area (Å²) in [5, 5.41) is 44.8. The molecular weight excluding hydrogens is 574 g/mol. The van der Waals surface area contributed by atoms with Crippen LogP contribution in [0, 0.1) is 0 Å². The van der Waals surface area contributed by atoms with Gasteiger partial charge in [-0.05, 0) is 19.9 Å². The van der Waals surface area contributed by atoms with E-state index in [4.69, 9.17) is 24.7 Å².